The zero-order chi connectivity index (χ0) is 9.26. The van der Waals surface area contributed by atoms with Gasteiger partial charge >= 0.3 is 0 Å². The fourth-order valence-electron chi connectivity index (χ4n) is 1.32. The molecule has 1 aromatic heterocycles. The number of aromatic nitrogens is 3. The van der Waals surface area contributed by atoms with Crippen LogP contribution in [0.25, 0.3) is 0 Å². The van der Waals surface area contributed by atoms with E-state index in [1.807, 2.05) is 0 Å². The van der Waals surface area contributed by atoms with Crippen molar-refractivity contribution < 1.29 is 9.90 Å². The number of hydrogen-bond donors (Lipinski definition) is 2. The fourth-order valence-corrected chi connectivity index (χ4v) is 1.32. The van der Waals surface area contributed by atoms with Gasteiger partial charge in [0.15, 0.2) is 5.69 Å². The number of nitrogens with one attached hydrogen (secondary N) is 1. The fraction of sp³-hybridized carbons (Fsp3) is 0.571. The molecule has 1 saturated heterocycles. The van der Waals surface area contributed by atoms with Crippen LogP contribution < -0.4 is 0 Å². The van der Waals surface area contributed by atoms with Crippen molar-refractivity contribution in [2.45, 2.75) is 0 Å². The third kappa shape index (κ3) is 1.40. The second-order valence-corrected chi connectivity index (χ2v) is 3.11. The second kappa shape index (κ2) is 3.14. The van der Waals surface area contributed by atoms with Gasteiger partial charge in [0.2, 0.25) is 0 Å². The maximum absolute atomic E-state index is 11.5. The summed E-state index contributed by atoms with van der Waals surface area (Å²) in [5.41, 5.74) is 0.330. The Morgan fingerprint density at radius 2 is 2.54 bits per heavy atom. The Balaban J connectivity index is 1.94. The Morgan fingerprint density at radius 1 is 1.77 bits per heavy atom. The van der Waals surface area contributed by atoms with Gasteiger partial charge in [0.25, 0.3) is 5.91 Å². The summed E-state index contributed by atoms with van der Waals surface area (Å²) >= 11 is 0. The molecule has 1 fully saturated rings. The normalized spacial score (nSPS) is 17.2. The van der Waals surface area contributed by atoms with Gasteiger partial charge in [-0.15, -0.1) is 0 Å². The van der Waals surface area contributed by atoms with Crippen molar-refractivity contribution in [3.8, 4) is 0 Å². The van der Waals surface area contributed by atoms with Crippen molar-refractivity contribution in [2.75, 3.05) is 19.7 Å². The molecule has 1 aromatic rings. The van der Waals surface area contributed by atoms with E-state index >= 15 is 0 Å². The van der Waals surface area contributed by atoms with E-state index in [0.29, 0.717) is 18.8 Å². The first-order chi connectivity index (χ1) is 6.31. The van der Waals surface area contributed by atoms with Gasteiger partial charge in [-0.3, -0.25) is 4.79 Å². The average molecular weight is 182 g/mol. The van der Waals surface area contributed by atoms with Crippen LogP contribution in [0.3, 0.4) is 0 Å². The van der Waals surface area contributed by atoms with Crippen LogP contribution in [0.5, 0.6) is 0 Å². The minimum atomic E-state index is -0.126. The van der Waals surface area contributed by atoms with E-state index in [4.69, 9.17) is 5.11 Å². The van der Waals surface area contributed by atoms with Crippen molar-refractivity contribution in [3.05, 3.63) is 11.9 Å². The Kier molecular flexibility index (Phi) is 1.97. The van der Waals surface area contributed by atoms with E-state index in [-0.39, 0.29) is 18.4 Å². The molecule has 0 aromatic carbocycles. The molecule has 6 heteroatoms. The molecule has 6 nitrogen and oxygen atoms in total. The van der Waals surface area contributed by atoms with Crippen molar-refractivity contribution >= 4 is 5.91 Å². The quantitative estimate of drug-likeness (QED) is 0.606. The maximum atomic E-state index is 11.5. The molecular formula is C7H10N4O2. The predicted octanol–water partition coefficient (Wildman–Crippen LogP) is -1.13. The standard InChI is InChI=1S/C7H10N4O2/c12-4-5-2-11(3-5)7(13)6-1-8-10-9-6/h1,5,12H,2-4H2,(H,8,9,10). The molecule has 2 rings (SSSR count). The van der Waals surface area contributed by atoms with Crippen LogP contribution in [0.2, 0.25) is 0 Å². The Labute approximate surface area is 74.6 Å². The molecule has 1 aliphatic rings. The lowest BCUT2D eigenvalue weighted by Crippen LogP contribution is -2.51. The summed E-state index contributed by atoms with van der Waals surface area (Å²) < 4.78 is 0. The SMILES string of the molecule is O=C(c1cn[nH]n1)N1CC(CO)C1. The lowest BCUT2D eigenvalue weighted by Gasteiger charge is -2.37. The van der Waals surface area contributed by atoms with Crippen LogP contribution in [0, 0.1) is 5.92 Å². The van der Waals surface area contributed by atoms with Gasteiger partial charge in [0, 0.05) is 25.6 Å². The predicted molar refractivity (Wildman–Crippen MR) is 42.9 cm³/mol. The van der Waals surface area contributed by atoms with Crippen LogP contribution >= 0.6 is 0 Å². The molecular weight excluding hydrogens is 172 g/mol. The van der Waals surface area contributed by atoms with Crippen LogP contribution in [0.4, 0.5) is 0 Å². The molecule has 1 aliphatic heterocycles. The highest BCUT2D eigenvalue weighted by molar-refractivity contribution is 5.92. The molecule has 0 radical (unpaired) electrons. The minimum Gasteiger partial charge on any atom is -0.396 e. The first kappa shape index (κ1) is 8.18. The van der Waals surface area contributed by atoms with E-state index in [2.05, 4.69) is 15.4 Å². The number of carbonyl (C=O) groups excluding carboxylic acids is 1. The number of carbonyl (C=O) groups is 1. The zero-order valence-electron chi connectivity index (χ0n) is 6.97. The zero-order valence-corrected chi connectivity index (χ0v) is 6.97. The highest BCUT2D eigenvalue weighted by atomic mass is 16.3. The average Bonchev–Trinajstić information content (AvgIpc) is 2.53. The van der Waals surface area contributed by atoms with Gasteiger partial charge in [-0.2, -0.15) is 15.4 Å². The highest BCUT2D eigenvalue weighted by Gasteiger charge is 2.31. The maximum Gasteiger partial charge on any atom is 0.276 e. The van der Waals surface area contributed by atoms with Gasteiger partial charge < -0.3 is 10.0 Å². The molecule has 0 spiro atoms. The van der Waals surface area contributed by atoms with Crippen LogP contribution in [0.15, 0.2) is 6.20 Å². The lowest BCUT2D eigenvalue weighted by molar-refractivity contribution is 0.0356. The topological polar surface area (TPSA) is 82.1 Å². The number of H-pyrrole nitrogens is 1. The Morgan fingerprint density at radius 3 is 3.08 bits per heavy atom. The monoisotopic (exact) mass is 182 g/mol. The smallest absolute Gasteiger partial charge is 0.276 e. The summed E-state index contributed by atoms with van der Waals surface area (Å²) in [6, 6.07) is 0. The van der Waals surface area contributed by atoms with Gasteiger partial charge in [-0.05, 0) is 0 Å². The third-order valence-corrected chi connectivity index (χ3v) is 2.14. The first-order valence-corrected chi connectivity index (χ1v) is 4.07. The molecule has 2 N–H and O–H groups in total. The van der Waals surface area contributed by atoms with Crippen molar-refractivity contribution in [1.82, 2.24) is 20.3 Å². The van der Waals surface area contributed by atoms with E-state index in [1.54, 1.807) is 4.90 Å². The second-order valence-electron chi connectivity index (χ2n) is 3.11. The largest absolute Gasteiger partial charge is 0.396 e. The van der Waals surface area contributed by atoms with E-state index in [1.165, 1.54) is 6.20 Å². The number of hydrogen-bond acceptors (Lipinski definition) is 4. The van der Waals surface area contributed by atoms with Crippen molar-refractivity contribution in [3.63, 3.8) is 0 Å². The van der Waals surface area contributed by atoms with Gasteiger partial charge in [-0.1, -0.05) is 0 Å². The Hall–Kier alpha value is -1.43. The summed E-state index contributed by atoms with van der Waals surface area (Å²) in [7, 11) is 0. The molecule has 0 atom stereocenters. The molecule has 70 valence electrons. The van der Waals surface area contributed by atoms with Gasteiger partial charge in [-0.25, -0.2) is 0 Å². The summed E-state index contributed by atoms with van der Waals surface area (Å²) in [5, 5.41) is 18.4. The number of aliphatic hydroxyl groups excluding tert-OH is 1. The minimum absolute atomic E-state index is 0.126. The number of aromatic amines is 1. The van der Waals surface area contributed by atoms with E-state index in [9.17, 15) is 4.79 Å². The van der Waals surface area contributed by atoms with Crippen LogP contribution in [-0.4, -0.2) is 51.0 Å². The Bertz CT molecular complexity index is 291. The lowest BCUT2D eigenvalue weighted by atomic mass is 10.0. The van der Waals surface area contributed by atoms with E-state index < -0.39 is 0 Å². The molecule has 0 bridgehead atoms. The number of rotatable bonds is 2. The van der Waals surface area contributed by atoms with Gasteiger partial charge in [0.1, 0.15) is 0 Å². The summed E-state index contributed by atoms with van der Waals surface area (Å²) in [6.45, 7) is 1.37. The molecule has 2 heterocycles. The molecule has 13 heavy (non-hydrogen) atoms. The van der Waals surface area contributed by atoms with Crippen LogP contribution in [0.1, 0.15) is 10.5 Å². The summed E-state index contributed by atoms with van der Waals surface area (Å²) in [6.07, 6.45) is 1.40. The first-order valence-electron chi connectivity index (χ1n) is 4.07. The summed E-state index contributed by atoms with van der Waals surface area (Å²) in [5.74, 6) is 0.106. The number of amides is 1. The number of nitrogens with zero attached hydrogens (tertiary/aromatic N) is 3. The molecule has 0 aliphatic carbocycles. The molecule has 0 unspecified atom stereocenters. The number of likely N-dealkylation sites (tertiary alicyclic amines) is 1. The van der Waals surface area contributed by atoms with E-state index in [0.717, 1.165) is 0 Å². The van der Waals surface area contributed by atoms with Crippen molar-refractivity contribution in [2.24, 2.45) is 5.92 Å². The van der Waals surface area contributed by atoms with Crippen LogP contribution in [-0.2, 0) is 0 Å². The molecule has 1 amide bonds. The number of aliphatic hydroxyl groups is 1. The highest BCUT2D eigenvalue weighted by Crippen LogP contribution is 2.16. The van der Waals surface area contributed by atoms with Gasteiger partial charge in [0.05, 0.1) is 6.20 Å². The summed E-state index contributed by atoms with van der Waals surface area (Å²) in [4.78, 5) is 13.1. The third-order valence-electron chi connectivity index (χ3n) is 2.14. The van der Waals surface area contributed by atoms with Crippen molar-refractivity contribution in [1.29, 1.82) is 0 Å². The molecule has 0 saturated carbocycles.